The molecule has 1 heterocycles. The Kier molecular flexibility index (Phi) is 8.17. The van der Waals surface area contributed by atoms with Gasteiger partial charge in [-0.2, -0.15) is 0 Å². The van der Waals surface area contributed by atoms with E-state index in [4.69, 9.17) is 0 Å². The van der Waals surface area contributed by atoms with Gasteiger partial charge in [-0.15, -0.1) is 0 Å². The van der Waals surface area contributed by atoms with Gasteiger partial charge in [0.1, 0.15) is 0 Å². The molecule has 0 amide bonds. The first-order chi connectivity index (χ1) is 10.3. The van der Waals surface area contributed by atoms with Crippen molar-refractivity contribution in [1.29, 1.82) is 0 Å². The summed E-state index contributed by atoms with van der Waals surface area (Å²) in [5.74, 6) is 2.47. The van der Waals surface area contributed by atoms with Crippen LogP contribution in [0.4, 0.5) is 0 Å². The van der Waals surface area contributed by atoms with Crippen LogP contribution in [-0.2, 0) is 10.0 Å². The van der Waals surface area contributed by atoms with E-state index >= 15 is 0 Å². The average molecular weight is 333 g/mol. The molecule has 0 aliphatic carbocycles. The molecule has 1 aliphatic rings. The van der Waals surface area contributed by atoms with E-state index in [2.05, 4.69) is 40.7 Å². The van der Waals surface area contributed by atoms with Gasteiger partial charge >= 0.3 is 0 Å². The fraction of sp³-hybridized carbons (Fsp3) is 0.933. The van der Waals surface area contributed by atoms with E-state index in [1.807, 2.05) is 0 Å². The number of hydrogen-bond donors (Lipinski definition) is 2. The first-order valence-electron chi connectivity index (χ1n) is 8.29. The van der Waals surface area contributed by atoms with Gasteiger partial charge in [0.2, 0.25) is 10.0 Å². The summed E-state index contributed by atoms with van der Waals surface area (Å²) >= 11 is 0. The highest BCUT2D eigenvalue weighted by atomic mass is 32.2. The summed E-state index contributed by atoms with van der Waals surface area (Å²) in [5.41, 5.74) is 0. The van der Waals surface area contributed by atoms with Crippen LogP contribution in [-0.4, -0.2) is 58.3 Å². The molecule has 0 bridgehead atoms. The number of nitrogens with zero attached hydrogens (tertiary/aromatic N) is 2. The molecule has 1 saturated heterocycles. The van der Waals surface area contributed by atoms with Crippen LogP contribution in [0.15, 0.2) is 4.99 Å². The molecule has 0 saturated carbocycles. The standard InChI is InChI=1S/C15H32N4O2S/c1-5-16-15(17-8-6-9-18-22(4,20)21)19-10-7-14(12-19)11-13(2)3/h13-14,18H,5-12H2,1-4H3,(H,16,17). The van der Waals surface area contributed by atoms with Crippen molar-refractivity contribution in [2.45, 2.75) is 40.0 Å². The third-order valence-electron chi connectivity index (χ3n) is 3.69. The molecule has 6 nitrogen and oxygen atoms in total. The van der Waals surface area contributed by atoms with Crippen LogP contribution in [0.25, 0.3) is 0 Å². The topological polar surface area (TPSA) is 73.8 Å². The van der Waals surface area contributed by atoms with Crippen LogP contribution in [0.3, 0.4) is 0 Å². The molecule has 22 heavy (non-hydrogen) atoms. The van der Waals surface area contributed by atoms with Crippen molar-refractivity contribution < 1.29 is 8.42 Å². The third kappa shape index (κ3) is 7.98. The molecule has 1 fully saturated rings. The van der Waals surface area contributed by atoms with Crippen molar-refractivity contribution in [2.24, 2.45) is 16.8 Å². The van der Waals surface area contributed by atoms with Gasteiger partial charge < -0.3 is 10.2 Å². The number of hydrogen-bond acceptors (Lipinski definition) is 3. The minimum Gasteiger partial charge on any atom is -0.357 e. The fourth-order valence-corrected chi connectivity index (χ4v) is 3.35. The molecule has 7 heteroatoms. The Balaban J connectivity index is 2.42. The summed E-state index contributed by atoms with van der Waals surface area (Å²) in [5, 5.41) is 3.34. The lowest BCUT2D eigenvalue weighted by atomic mass is 9.97. The molecule has 130 valence electrons. The SMILES string of the molecule is CCNC(=NCCCNS(C)(=O)=O)N1CCC(CC(C)C)C1. The minimum absolute atomic E-state index is 0.442. The summed E-state index contributed by atoms with van der Waals surface area (Å²) < 4.78 is 24.5. The van der Waals surface area contributed by atoms with E-state index in [0.29, 0.717) is 19.5 Å². The molecule has 0 aromatic carbocycles. The summed E-state index contributed by atoms with van der Waals surface area (Å²) in [4.78, 5) is 6.96. The van der Waals surface area contributed by atoms with E-state index in [1.54, 1.807) is 0 Å². The second-order valence-electron chi connectivity index (χ2n) is 6.49. The smallest absolute Gasteiger partial charge is 0.208 e. The van der Waals surface area contributed by atoms with E-state index in [-0.39, 0.29) is 0 Å². The first-order valence-corrected chi connectivity index (χ1v) is 10.2. The summed E-state index contributed by atoms with van der Waals surface area (Å²) in [7, 11) is -3.09. The van der Waals surface area contributed by atoms with Gasteiger partial charge in [0, 0.05) is 32.7 Å². The van der Waals surface area contributed by atoms with Crippen LogP contribution in [0.5, 0.6) is 0 Å². The number of guanidine groups is 1. The zero-order chi connectivity index (χ0) is 16.6. The monoisotopic (exact) mass is 332 g/mol. The van der Waals surface area contributed by atoms with Gasteiger partial charge in [-0.3, -0.25) is 4.99 Å². The van der Waals surface area contributed by atoms with Gasteiger partial charge in [0.25, 0.3) is 0 Å². The minimum atomic E-state index is -3.09. The largest absolute Gasteiger partial charge is 0.357 e. The van der Waals surface area contributed by atoms with Crippen molar-refractivity contribution in [3.05, 3.63) is 0 Å². The molecule has 1 rings (SSSR count). The molecular formula is C15H32N4O2S. The van der Waals surface area contributed by atoms with Crippen molar-refractivity contribution in [2.75, 3.05) is 39.0 Å². The Morgan fingerprint density at radius 2 is 2.14 bits per heavy atom. The quantitative estimate of drug-likeness (QED) is 0.399. The van der Waals surface area contributed by atoms with E-state index in [9.17, 15) is 8.42 Å². The zero-order valence-corrected chi connectivity index (χ0v) is 15.2. The van der Waals surface area contributed by atoms with E-state index < -0.39 is 10.0 Å². The van der Waals surface area contributed by atoms with Crippen LogP contribution in [0.1, 0.15) is 40.0 Å². The van der Waals surface area contributed by atoms with Crippen LogP contribution in [0, 0.1) is 11.8 Å². The van der Waals surface area contributed by atoms with Crippen molar-refractivity contribution in [3.63, 3.8) is 0 Å². The number of rotatable bonds is 8. The lowest BCUT2D eigenvalue weighted by molar-refractivity contribution is 0.403. The third-order valence-corrected chi connectivity index (χ3v) is 4.41. The van der Waals surface area contributed by atoms with E-state index in [1.165, 1.54) is 19.1 Å². The summed E-state index contributed by atoms with van der Waals surface area (Å²) in [6.45, 7) is 10.7. The van der Waals surface area contributed by atoms with Crippen LogP contribution >= 0.6 is 0 Å². The van der Waals surface area contributed by atoms with Crippen LogP contribution in [0.2, 0.25) is 0 Å². The summed E-state index contributed by atoms with van der Waals surface area (Å²) in [6.07, 6.45) is 4.40. The normalized spacial score (nSPS) is 20.0. The van der Waals surface area contributed by atoms with Gasteiger partial charge in [0.05, 0.1) is 6.26 Å². The lowest BCUT2D eigenvalue weighted by Crippen LogP contribution is -2.40. The van der Waals surface area contributed by atoms with Crippen LogP contribution < -0.4 is 10.0 Å². The number of nitrogens with one attached hydrogen (secondary N) is 2. The highest BCUT2D eigenvalue weighted by Crippen LogP contribution is 2.23. The molecular weight excluding hydrogens is 300 g/mol. The first kappa shape index (κ1) is 19.2. The molecule has 2 N–H and O–H groups in total. The maximum absolute atomic E-state index is 11.0. The maximum atomic E-state index is 11.0. The fourth-order valence-electron chi connectivity index (χ4n) is 2.83. The number of likely N-dealkylation sites (tertiary alicyclic amines) is 1. The Hall–Kier alpha value is -0.820. The van der Waals surface area contributed by atoms with Gasteiger partial charge in [-0.05, 0) is 38.0 Å². The Morgan fingerprint density at radius 3 is 2.73 bits per heavy atom. The number of aliphatic imine (C=N–C) groups is 1. The number of sulfonamides is 1. The van der Waals surface area contributed by atoms with Crippen molar-refractivity contribution >= 4 is 16.0 Å². The molecule has 0 radical (unpaired) electrons. The molecule has 0 aromatic heterocycles. The zero-order valence-electron chi connectivity index (χ0n) is 14.4. The highest BCUT2D eigenvalue weighted by Gasteiger charge is 2.25. The maximum Gasteiger partial charge on any atom is 0.208 e. The second-order valence-corrected chi connectivity index (χ2v) is 8.32. The summed E-state index contributed by atoms with van der Waals surface area (Å²) in [6, 6.07) is 0. The predicted octanol–water partition coefficient (Wildman–Crippen LogP) is 1.26. The Bertz CT molecular complexity index is 448. The van der Waals surface area contributed by atoms with Crippen molar-refractivity contribution in [1.82, 2.24) is 14.9 Å². The predicted molar refractivity (Wildman–Crippen MR) is 92.6 cm³/mol. The molecule has 1 aliphatic heterocycles. The van der Waals surface area contributed by atoms with Gasteiger partial charge in [-0.1, -0.05) is 13.8 Å². The molecule has 1 unspecified atom stereocenters. The lowest BCUT2D eigenvalue weighted by Gasteiger charge is -2.22. The second kappa shape index (κ2) is 9.35. The highest BCUT2D eigenvalue weighted by molar-refractivity contribution is 7.88. The van der Waals surface area contributed by atoms with Gasteiger partial charge in [-0.25, -0.2) is 13.1 Å². The van der Waals surface area contributed by atoms with E-state index in [0.717, 1.165) is 37.4 Å². The van der Waals surface area contributed by atoms with Gasteiger partial charge in [0.15, 0.2) is 5.96 Å². The molecule has 1 atom stereocenters. The van der Waals surface area contributed by atoms with Crippen molar-refractivity contribution in [3.8, 4) is 0 Å². The Morgan fingerprint density at radius 1 is 1.41 bits per heavy atom. The average Bonchev–Trinajstić information content (AvgIpc) is 2.83. The molecule has 0 aromatic rings. The molecule has 0 spiro atoms. The Labute approximate surface area is 135 Å².